The highest BCUT2D eigenvalue weighted by atomic mass is 19.1. The van der Waals surface area contributed by atoms with E-state index in [0.717, 1.165) is 18.2 Å². The third kappa shape index (κ3) is 3.99. The van der Waals surface area contributed by atoms with E-state index in [-0.39, 0.29) is 18.7 Å². The maximum Gasteiger partial charge on any atom is 0.282 e. The Hall–Kier alpha value is -2.02. The van der Waals surface area contributed by atoms with Gasteiger partial charge in [0.25, 0.3) is 11.6 Å². The van der Waals surface area contributed by atoms with Gasteiger partial charge in [0.2, 0.25) is 0 Å². The van der Waals surface area contributed by atoms with E-state index in [2.05, 4.69) is 0 Å². The molecule has 0 aromatic heterocycles. The molecule has 7 heteroatoms. The zero-order valence-corrected chi connectivity index (χ0v) is 11.6. The molecule has 0 unspecified atom stereocenters. The van der Waals surface area contributed by atoms with E-state index in [1.54, 1.807) is 6.92 Å². The molecule has 1 N–H and O–H groups in total. The van der Waals surface area contributed by atoms with Gasteiger partial charge in [-0.15, -0.1) is 0 Å². The molecule has 6 nitrogen and oxygen atoms in total. The monoisotopic (exact) mass is 284 g/mol. The second-order valence-electron chi connectivity index (χ2n) is 5.05. The van der Waals surface area contributed by atoms with Crippen LogP contribution >= 0.6 is 0 Å². The van der Waals surface area contributed by atoms with Crippen molar-refractivity contribution in [2.45, 2.75) is 26.4 Å². The van der Waals surface area contributed by atoms with Crippen LogP contribution in [0.5, 0.6) is 0 Å². The zero-order valence-electron chi connectivity index (χ0n) is 11.6. The summed E-state index contributed by atoms with van der Waals surface area (Å²) in [5, 5.41) is 20.6. The van der Waals surface area contributed by atoms with E-state index in [1.165, 1.54) is 18.7 Å². The fourth-order valence-corrected chi connectivity index (χ4v) is 1.80. The molecule has 0 radical (unpaired) electrons. The Labute approximate surface area is 116 Å². The number of rotatable bonds is 5. The molecule has 20 heavy (non-hydrogen) atoms. The number of likely N-dealkylation sites (N-methyl/N-ethyl adjacent to an activating group) is 1. The molecule has 1 rings (SSSR count). The predicted octanol–water partition coefficient (Wildman–Crippen LogP) is 1.97. The van der Waals surface area contributed by atoms with Crippen molar-refractivity contribution in [3.8, 4) is 0 Å². The summed E-state index contributed by atoms with van der Waals surface area (Å²) in [7, 11) is 0. The van der Waals surface area contributed by atoms with Crippen molar-refractivity contribution in [3.63, 3.8) is 0 Å². The highest BCUT2D eigenvalue weighted by Gasteiger charge is 2.27. The Bertz CT molecular complexity index is 526. The first kappa shape index (κ1) is 16.0. The molecule has 0 saturated heterocycles. The highest BCUT2D eigenvalue weighted by molar-refractivity contribution is 5.98. The van der Waals surface area contributed by atoms with Crippen LogP contribution in [0.4, 0.5) is 10.1 Å². The third-order valence-corrected chi connectivity index (χ3v) is 2.63. The van der Waals surface area contributed by atoms with Gasteiger partial charge < -0.3 is 10.0 Å². The van der Waals surface area contributed by atoms with Crippen LogP contribution in [0.15, 0.2) is 18.2 Å². The third-order valence-electron chi connectivity index (χ3n) is 2.63. The number of carbonyl (C=O) groups is 1. The van der Waals surface area contributed by atoms with E-state index in [9.17, 15) is 24.4 Å². The van der Waals surface area contributed by atoms with Crippen molar-refractivity contribution >= 4 is 11.6 Å². The summed E-state index contributed by atoms with van der Waals surface area (Å²) < 4.78 is 13.2. The molecule has 0 aliphatic rings. The van der Waals surface area contributed by atoms with Crippen molar-refractivity contribution in [1.29, 1.82) is 0 Å². The van der Waals surface area contributed by atoms with Crippen molar-refractivity contribution in [2.24, 2.45) is 0 Å². The van der Waals surface area contributed by atoms with Crippen LogP contribution in [0.2, 0.25) is 0 Å². The molecule has 0 heterocycles. The van der Waals surface area contributed by atoms with E-state index in [4.69, 9.17) is 0 Å². The first-order valence-corrected chi connectivity index (χ1v) is 6.11. The smallest absolute Gasteiger partial charge is 0.282 e. The molecular formula is C13H17FN2O4. The van der Waals surface area contributed by atoms with Crippen molar-refractivity contribution < 1.29 is 19.2 Å². The van der Waals surface area contributed by atoms with Gasteiger partial charge in [0.05, 0.1) is 10.5 Å². The Morgan fingerprint density at radius 1 is 1.50 bits per heavy atom. The molecule has 0 fully saturated rings. The molecular weight excluding hydrogens is 267 g/mol. The number of hydrogen-bond acceptors (Lipinski definition) is 4. The standard InChI is InChI=1S/C13H17FN2O4/c1-4-15(8-13(2,3)18)12(17)10-7-9(14)5-6-11(10)16(19)20/h5-7,18H,4,8H2,1-3H3. The summed E-state index contributed by atoms with van der Waals surface area (Å²) in [6.45, 7) is 4.95. The highest BCUT2D eigenvalue weighted by Crippen LogP contribution is 2.22. The van der Waals surface area contributed by atoms with Gasteiger partial charge in [-0.05, 0) is 32.9 Å². The Kier molecular flexibility index (Phi) is 4.78. The molecule has 1 aromatic carbocycles. The number of benzene rings is 1. The lowest BCUT2D eigenvalue weighted by molar-refractivity contribution is -0.385. The summed E-state index contributed by atoms with van der Waals surface area (Å²) in [6, 6.07) is 2.73. The van der Waals surface area contributed by atoms with Crippen LogP contribution in [0.1, 0.15) is 31.1 Å². The number of hydrogen-bond donors (Lipinski definition) is 1. The van der Waals surface area contributed by atoms with E-state index < -0.39 is 27.9 Å². The summed E-state index contributed by atoms with van der Waals surface area (Å²) in [6.07, 6.45) is 0. The maximum absolute atomic E-state index is 13.2. The molecule has 0 atom stereocenters. The minimum atomic E-state index is -1.15. The normalized spacial score (nSPS) is 11.2. The number of amides is 1. The average molecular weight is 284 g/mol. The summed E-state index contributed by atoms with van der Waals surface area (Å²) >= 11 is 0. The number of nitrogens with zero attached hydrogens (tertiary/aromatic N) is 2. The van der Waals surface area contributed by atoms with Crippen molar-refractivity contribution in [1.82, 2.24) is 4.90 Å². The minimum absolute atomic E-state index is 0.00397. The Morgan fingerprint density at radius 3 is 2.55 bits per heavy atom. The van der Waals surface area contributed by atoms with Gasteiger partial charge in [-0.2, -0.15) is 0 Å². The first-order chi connectivity index (χ1) is 9.15. The van der Waals surface area contributed by atoms with Crippen LogP contribution in [-0.4, -0.2) is 39.5 Å². The summed E-state index contributed by atoms with van der Waals surface area (Å²) in [5.74, 6) is -1.40. The molecule has 110 valence electrons. The van der Waals surface area contributed by atoms with Crippen LogP contribution < -0.4 is 0 Å². The number of aliphatic hydroxyl groups is 1. The minimum Gasteiger partial charge on any atom is -0.389 e. The van der Waals surface area contributed by atoms with Crippen LogP contribution in [0, 0.1) is 15.9 Å². The molecule has 0 spiro atoms. The second-order valence-corrected chi connectivity index (χ2v) is 5.05. The van der Waals surface area contributed by atoms with Gasteiger partial charge in [-0.3, -0.25) is 14.9 Å². The lowest BCUT2D eigenvalue weighted by Crippen LogP contribution is -2.42. The Balaban J connectivity index is 3.18. The first-order valence-electron chi connectivity index (χ1n) is 6.11. The SMILES string of the molecule is CCN(CC(C)(C)O)C(=O)c1cc(F)ccc1[N+](=O)[O-]. The molecule has 1 amide bonds. The van der Waals surface area contributed by atoms with Crippen molar-refractivity contribution in [3.05, 3.63) is 39.7 Å². The molecule has 0 aliphatic carbocycles. The van der Waals surface area contributed by atoms with Crippen LogP contribution in [-0.2, 0) is 0 Å². The molecule has 1 aromatic rings. The maximum atomic E-state index is 13.2. The van der Waals surface area contributed by atoms with Gasteiger partial charge in [0, 0.05) is 19.2 Å². The lowest BCUT2D eigenvalue weighted by atomic mass is 10.1. The van der Waals surface area contributed by atoms with Crippen molar-refractivity contribution in [2.75, 3.05) is 13.1 Å². The molecule has 0 saturated carbocycles. The summed E-state index contributed by atoms with van der Waals surface area (Å²) in [4.78, 5) is 23.7. The van der Waals surface area contributed by atoms with E-state index in [1.807, 2.05) is 0 Å². The number of carbonyl (C=O) groups excluding carboxylic acids is 1. The van der Waals surface area contributed by atoms with Gasteiger partial charge in [-0.1, -0.05) is 0 Å². The fourth-order valence-electron chi connectivity index (χ4n) is 1.80. The van der Waals surface area contributed by atoms with Gasteiger partial charge >= 0.3 is 0 Å². The largest absolute Gasteiger partial charge is 0.389 e. The van der Waals surface area contributed by atoms with Gasteiger partial charge in [0.15, 0.2) is 0 Å². The zero-order chi connectivity index (χ0) is 15.5. The summed E-state index contributed by atoms with van der Waals surface area (Å²) in [5.41, 5.74) is -1.92. The van der Waals surface area contributed by atoms with E-state index in [0.29, 0.717) is 0 Å². The quantitative estimate of drug-likeness (QED) is 0.661. The van der Waals surface area contributed by atoms with Crippen LogP contribution in [0.3, 0.4) is 0 Å². The van der Waals surface area contributed by atoms with E-state index >= 15 is 0 Å². The number of nitro groups is 1. The topological polar surface area (TPSA) is 83.7 Å². The number of nitro benzene ring substituents is 1. The lowest BCUT2D eigenvalue weighted by Gasteiger charge is -2.28. The molecule has 0 aliphatic heterocycles. The second kappa shape index (κ2) is 5.96. The fraction of sp³-hybridized carbons (Fsp3) is 0.462. The Morgan fingerprint density at radius 2 is 2.10 bits per heavy atom. The van der Waals surface area contributed by atoms with Gasteiger partial charge in [-0.25, -0.2) is 4.39 Å². The molecule has 0 bridgehead atoms. The van der Waals surface area contributed by atoms with Gasteiger partial charge in [0.1, 0.15) is 11.4 Å². The number of halogens is 1. The predicted molar refractivity (Wildman–Crippen MR) is 70.9 cm³/mol. The van der Waals surface area contributed by atoms with Crippen LogP contribution in [0.25, 0.3) is 0 Å². The average Bonchev–Trinajstić information content (AvgIpc) is 2.33.